The lowest BCUT2D eigenvalue weighted by Gasteiger charge is -2.38. The molecule has 6 nitrogen and oxygen atoms in total. The number of hydrogen-bond acceptors (Lipinski definition) is 5. The molecular weight excluding hydrogens is 366 g/mol. The molecule has 0 bridgehead atoms. The molecule has 6 heteroatoms. The van der Waals surface area contributed by atoms with Crippen molar-refractivity contribution in [2.75, 3.05) is 33.3 Å². The van der Waals surface area contributed by atoms with Crippen LogP contribution in [0.5, 0.6) is 5.75 Å². The number of nitrogens with zero attached hydrogens (tertiary/aromatic N) is 3. The monoisotopic (exact) mass is 395 g/mol. The normalized spacial score (nSPS) is 21.0. The Morgan fingerprint density at radius 1 is 1.28 bits per heavy atom. The first-order valence-corrected chi connectivity index (χ1v) is 10.3. The smallest absolute Gasteiger partial charge is 0.253 e. The van der Waals surface area contributed by atoms with E-state index in [1.54, 1.807) is 30.5 Å². The Balaban J connectivity index is 1.27. The van der Waals surface area contributed by atoms with Gasteiger partial charge < -0.3 is 14.7 Å². The number of carbonyl (C=O) groups is 1. The van der Waals surface area contributed by atoms with E-state index in [2.05, 4.69) is 23.0 Å². The number of rotatable bonds is 5. The fourth-order valence-electron chi connectivity index (χ4n) is 4.55. The van der Waals surface area contributed by atoms with Crippen LogP contribution in [0.1, 0.15) is 35.2 Å². The molecule has 0 radical (unpaired) electrons. The second-order valence-electron chi connectivity index (χ2n) is 8.53. The molecule has 1 aromatic heterocycles. The number of likely N-dealkylation sites (N-methyl/N-ethyl adjacent to an activating group) is 1. The predicted molar refractivity (Wildman–Crippen MR) is 111 cm³/mol. The van der Waals surface area contributed by atoms with Gasteiger partial charge in [0.2, 0.25) is 0 Å². The molecule has 1 N–H and O–H groups in total. The number of piperidine rings is 1. The minimum Gasteiger partial charge on any atom is -0.508 e. The molecular formula is C23H29N3O3. The summed E-state index contributed by atoms with van der Waals surface area (Å²) in [6.45, 7) is 4.10. The van der Waals surface area contributed by atoms with Gasteiger partial charge in [-0.3, -0.25) is 14.7 Å². The zero-order chi connectivity index (χ0) is 20.3. The van der Waals surface area contributed by atoms with E-state index < -0.39 is 0 Å². The summed E-state index contributed by atoms with van der Waals surface area (Å²) in [5.74, 6) is 0.230. The van der Waals surface area contributed by atoms with E-state index in [1.807, 2.05) is 17.2 Å². The van der Waals surface area contributed by atoms with E-state index in [0.29, 0.717) is 5.56 Å². The van der Waals surface area contributed by atoms with Crippen molar-refractivity contribution in [1.82, 2.24) is 14.8 Å². The number of phenols is 1. The van der Waals surface area contributed by atoms with Gasteiger partial charge >= 0.3 is 0 Å². The minimum atomic E-state index is 0.0477. The Morgan fingerprint density at radius 3 is 2.72 bits per heavy atom. The van der Waals surface area contributed by atoms with Crippen molar-refractivity contribution in [3.05, 3.63) is 59.9 Å². The average Bonchev–Trinajstić information content (AvgIpc) is 3.11. The molecule has 1 atom stereocenters. The number of amides is 1. The fourth-order valence-corrected chi connectivity index (χ4v) is 4.55. The second-order valence-corrected chi connectivity index (χ2v) is 8.53. The highest BCUT2D eigenvalue weighted by Gasteiger charge is 2.43. The predicted octanol–water partition coefficient (Wildman–Crippen LogP) is 2.93. The summed E-state index contributed by atoms with van der Waals surface area (Å²) >= 11 is 0. The number of benzene rings is 1. The lowest BCUT2D eigenvalue weighted by molar-refractivity contribution is 0.0457. The molecule has 4 rings (SSSR count). The minimum absolute atomic E-state index is 0.0477. The van der Waals surface area contributed by atoms with Crippen LogP contribution in [0.2, 0.25) is 0 Å². The molecule has 0 aliphatic carbocycles. The van der Waals surface area contributed by atoms with E-state index in [-0.39, 0.29) is 23.2 Å². The van der Waals surface area contributed by atoms with Crippen molar-refractivity contribution in [2.24, 2.45) is 5.41 Å². The first-order valence-electron chi connectivity index (χ1n) is 10.3. The third-order valence-corrected chi connectivity index (χ3v) is 6.20. The molecule has 2 aliphatic rings. The van der Waals surface area contributed by atoms with Crippen LogP contribution < -0.4 is 0 Å². The molecule has 2 saturated heterocycles. The molecule has 1 amide bonds. The summed E-state index contributed by atoms with van der Waals surface area (Å²) in [6.07, 6.45) is 6.99. The highest BCUT2D eigenvalue weighted by Crippen LogP contribution is 2.42. The van der Waals surface area contributed by atoms with Gasteiger partial charge in [0.1, 0.15) is 5.75 Å². The number of ether oxygens (including phenoxy) is 1. The van der Waals surface area contributed by atoms with Gasteiger partial charge in [-0.1, -0.05) is 6.07 Å². The van der Waals surface area contributed by atoms with E-state index in [1.165, 1.54) is 5.56 Å². The summed E-state index contributed by atoms with van der Waals surface area (Å²) in [5.41, 5.74) is 2.05. The zero-order valence-corrected chi connectivity index (χ0v) is 17.0. The van der Waals surface area contributed by atoms with Gasteiger partial charge in [0, 0.05) is 44.1 Å². The van der Waals surface area contributed by atoms with E-state index in [4.69, 9.17) is 4.74 Å². The summed E-state index contributed by atoms with van der Waals surface area (Å²) in [7, 11) is 2.13. The van der Waals surface area contributed by atoms with Crippen molar-refractivity contribution < 1.29 is 14.6 Å². The fraction of sp³-hybridized carbons (Fsp3) is 0.478. The molecule has 2 fully saturated rings. The quantitative estimate of drug-likeness (QED) is 0.843. The Hall–Kier alpha value is -2.44. The number of aromatic nitrogens is 1. The van der Waals surface area contributed by atoms with Crippen LogP contribution in [0.4, 0.5) is 0 Å². The van der Waals surface area contributed by atoms with Crippen LogP contribution in [0.25, 0.3) is 0 Å². The number of hydrogen-bond donors (Lipinski definition) is 1. The van der Waals surface area contributed by atoms with Gasteiger partial charge in [-0.25, -0.2) is 0 Å². The van der Waals surface area contributed by atoms with Gasteiger partial charge in [-0.15, -0.1) is 0 Å². The summed E-state index contributed by atoms with van der Waals surface area (Å²) in [5, 5.41) is 9.41. The molecule has 1 aromatic carbocycles. The van der Waals surface area contributed by atoms with Gasteiger partial charge in [0.25, 0.3) is 5.91 Å². The van der Waals surface area contributed by atoms with Gasteiger partial charge in [-0.2, -0.15) is 0 Å². The van der Waals surface area contributed by atoms with Crippen LogP contribution >= 0.6 is 0 Å². The van der Waals surface area contributed by atoms with Crippen molar-refractivity contribution in [3.8, 4) is 5.75 Å². The SMILES string of the molecule is CN(Cc1cccnc1)C[C@@H]1CC2(CCN(C(=O)c3ccc(O)cc3)CC2)CO1. The van der Waals surface area contributed by atoms with E-state index in [9.17, 15) is 9.90 Å². The lowest BCUT2D eigenvalue weighted by atomic mass is 9.76. The number of phenolic OH excluding ortho intramolecular Hbond substituents is 1. The standard InChI is InChI=1S/C23H29N3O3/c1-25(15-18-3-2-10-24-14-18)16-21-13-23(17-29-21)8-11-26(12-9-23)22(28)19-4-6-20(27)7-5-19/h2-7,10,14,21,27H,8-9,11-13,15-17H2,1H3/t21-/m0/s1. The first-order chi connectivity index (χ1) is 14.0. The number of carbonyl (C=O) groups excluding carboxylic acids is 1. The molecule has 2 aromatic rings. The number of aromatic hydroxyl groups is 1. The van der Waals surface area contributed by atoms with Gasteiger partial charge in [0.15, 0.2) is 0 Å². The maximum atomic E-state index is 12.7. The summed E-state index contributed by atoms with van der Waals surface area (Å²) in [6, 6.07) is 10.6. The highest BCUT2D eigenvalue weighted by atomic mass is 16.5. The maximum Gasteiger partial charge on any atom is 0.253 e. The Morgan fingerprint density at radius 2 is 2.03 bits per heavy atom. The first kappa shape index (κ1) is 19.9. The summed E-state index contributed by atoms with van der Waals surface area (Å²) in [4.78, 5) is 21.1. The lowest BCUT2D eigenvalue weighted by Crippen LogP contribution is -2.43. The van der Waals surface area contributed by atoms with Gasteiger partial charge in [-0.05, 0) is 67.6 Å². The van der Waals surface area contributed by atoms with Crippen LogP contribution in [-0.2, 0) is 11.3 Å². The molecule has 1 spiro atoms. The van der Waals surface area contributed by atoms with E-state index >= 15 is 0 Å². The van der Waals surface area contributed by atoms with Crippen LogP contribution in [0.3, 0.4) is 0 Å². The van der Waals surface area contributed by atoms with Crippen molar-refractivity contribution in [2.45, 2.75) is 31.9 Å². The maximum absolute atomic E-state index is 12.7. The second kappa shape index (κ2) is 8.51. The van der Waals surface area contributed by atoms with Crippen molar-refractivity contribution in [1.29, 1.82) is 0 Å². The third-order valence-electron chi connectivity index (χ3n) is 6.20. The largest absolute Gasteiger partial charge is 0.508 e. The molecule has 29 heavy (non-hydrogen) atoms. The zero-order valence-electron chi connectivity index (χ0n) is 17.0. The topological polar surface area (TPSA) is 65.9 Å². The molecule has 154 valence electrons. The van der Waals surface area contributed by atoms with Crippen molar-refractivity contribution >= 4 is 5.91 Å². The number of pyridine rings is 1. The number of likely N-dealkylation sites (tertiary alicyclic amines) is 1. The highest BCUT2D eigenvalue weighted by molar-refractivity contribution is 5.94. The Bertz CT molecular complexity index is 817. The Labute approximate surface area is 172 Å². The third kappa shape index (κ3) is 4.77. The summed E-state index contributed by atoms with van der Waals surface area (Å²) < 4.78 is 6.16. The molecule has 2 aliphatic heterocycles. The molecule has 0 unspecified atom stereocenters. The average molecular weight is 396 g/mol. The van der Waals surface area contributed by atoms with Crippen LogP contribution in [0.15, 0.2) is 48.8 Å². The van der Waals surface area contributed by atoms with Crippen molar-refractivity contribution in [3.63, 3.8) is 0 Å². The van der Waals surface area contributed by atoms with Crippen LogP contribution in [-0.4, -0.2) is 65.2 Å². The van der Waals surface area contributed by atoms with E-state index in [0.717, 1.165) is 52.0 Å². The van der Waals surface area contributed by atoms with Gasteiger partial charge in [0.05, 0.1) is 12.7 Å². The molecule has 3 heterocycles. The van der Waals surface area contributed by atoms with Crippen LogP contribution in [0, 0.1) is 5.41 Å². The Kier molecular flexibility index (Phi) is 5.83. The molecule has 0 saturated carbocycles.